The number of aromatic hydroxyl groups is 2. The van der Waals surface area contributed by atoms with Crippen LogP contribution in [0.25, 0.3) is 0 Å². The van der Waals surface area contributed by atoms with E-state index in [1.165, 1.54) is 4.57 Å². The first kappa shape index (κ1) is 14.9. The normalized spacial score (nSPS) is 8.00. The van der Waals surface area contributed by atoms with E-state index in [4.69, 9.17) is 10.2 Å². The second kappa shape index (κ2) is 6.90. The number of hydrogen-bond donors (Lipinski definition) is 2. The quantitative estimate of drug-likeness (QED) is 0.689. The van der Waals surface area contributed by atoms with Crippen LogP contribution in [-0.4, -0.2) is 10.2 Å². The Morgan fingerprint density at radius 1 is 1.23 bits per heavy atom. The molecule has 0 aliphatic carbocycles. The van der Waals surface area contributed by atoms with Crippen molar-refractivity contribution in [2.45, 2.75) is 20.8 Å². The van der Waals surface area contributed by atoms with Gasteiger partial charge in [0, 0.05) is 32.7 Å². The predicted molar refractivity (Wildman–Crippen MR) is 47.0 cm³/mol. The molecule has 3 nitrogen and oxygen atoms in total. The summed E-state index contributed by atoms with van der Waals surface area (Å²) in [7, 11) is 1.66. The van der Waals surface area contributed by atoms with Gasteiger partial charge in [-0.05, 0) is 6.92 Å². The summed E-state index contributed by atoms with van der Waals surface area (Å²) >= 11 is 0. The number of pyridine rings is 1. The summed E-state index contributed by atoms with van der Waals surface area (Å²) < 4.78 is 1.45. The molecule has 1 aromatic heterocycles. The van der Waals surface area contributed by atoms with Gasteiger partial charge in [0.25, 0.3) is 0 Å². The largest absolute Gasteiger partial charge is 0.500 e. The van der Waals surface area contributed by atoms with Crippen molar-refractivity contribution in [2.24, 2.45) is 7.05 Å². The smallest absolute Gasteiger partial charge is 0.408 e. The molecule has 0 unspecified atom stereocenters. The van der Waals surface area contributed by atoms with Gasteiger partial charge >= 0.3 is 5.88 Å². The molecule has 0 bridgehead atoms. The summed E-state index contributed by atoms with van der Waals surface area (Å²) in [5.41, 5.74) is 0.676. The summed E-state index contributed by atoms with van der Waals surface area (Å²) in [6.45, 7) is 5.73. The third-order valence-corrected chi connectivity index (χ3v) is 1.47. The van der Waals surface area contributed by atoms with Gasteiger partial charge in [0.1, 0.15) is 7.05 Å². The fourth-order valence-electron chi connectivity index (χ4n) is 0.717. The van der Waals surface area contributed by atoms with E-state index in [0.29, 0.717) is 5.56 Å². The van der Waals surface area contributed by atoms with Crippen LogP contribution in [0.15, 0.2) is 12.3 Å². The minimum absolute atomic E-state index is 0. The molecular weight excluding hydrogens is 338 g/mol. The molecule has 4 heteroatoms. The van der Waals surface area contributed by atoms with Crippen LogP contribution < -0.4 is 4.57 Å². The van der Waals surface area contributed by atoms with E-state index in [0.717, 1.165) is 0 Å². The SMILES string of the molecule is CC.Cc1cc[n+](C)c(O)c1O.[W]. The Morgan fingerprint density at radius 2 is 1.69 bits per heavy atom. The number of aryl methyl sites for hydroxylation is 2. The maximum absolute atomic E-state index is 9.12. The number of rotatable bonds is 0. The van der Waals surface area contributed by atoms with E-state index in [9.17, 15) is 0 Å². The topological polar surface area (TPSA) is 44.3 Å². The molecule has 0 radical (unpaired) electrons. The maximum atomic E-state index is 9.12. The van der Waals surface area contributed by atoms with Crippen LogP contribution in [0.2, 0.25) is 0 Å². The molecule has 0 aliphatic rings. The summed E-state index contributed by atoms with van der Waals surface area (Å²) in [6.07, 6.45) is 1.68. The van der Waals surface area contributed by atoms with Crippen LogP contribution in [0.1, 0.15) is 19.4 Å². The molecule has 13 heavy (non-hydrogen) atoms. The van der Waals surface area contributed by atoms with Crippen molar-refractivity contribution in [3.8, 4) is 11.6 Å². The minimum atomic E-state index is -0.0972. The molecule has 2 N–H and O–H groups in total. The first-order valence-corrected chi connectivity index (χ1v) is 4.00. The maximum Gasteiger partial charge on any atom is 0.408 e. The molecule has 0 aliphatic heterocycles. The number of hydrogen-bond acceptors (Lipinski definition) is 2. The zero-order valence-electron chi connectivity index (χ0n) is 8.40. The van der Waals surface area contributed by atoms with Crippen molar-refractivity contribution < 1.29 is 35.8 Å². The molecule has 1 heterocycles. The Bertz CT molecular complexity index is 237. The monoisotopic (exact) mass is 354 g/mol. The number of aromatic nitrogens is 1. The van der Waals surface area contributed by atoms with Crippen molar-refractivity contribution in [3.63, 3.8) is 0 Å². The summed E-state index contributed by atoms with van der Waals surface area (Å²) in [4.78, 5) is 0. The van der Waals surface area contributed by atoms with E-state index in [1.54, 1.807) is 26.2 Å². The van der Waals surface area contributed by atoms with Crippen LogP contribution in [-0.2, 0) is 28.1 Å². The molecular formula is C9H16NO2W+. The van der Waals surface area contributed by atoms with Gasteiger partial charge in [0.2, 0.25) is 5.75 Å². The van der Waals surface area contributed by atoms with E-state index in [-0.39, 0.29) is 32.7 Å². The molecule has 0 atom stereocenters. The van der Waals surface area contributed by atoms with Crippen molar-refractivity contribution >= 4 is 0 Å². The Kier molecular flexibility index (Phi) is 7.93. The van der Waals surface area contributed by atoms with Crippen molar-refractivity contribution in [3.05, 3.63) is 17.8 Å². The average Bonchev–Trinajstić information content (AvgIpc) is 2.12. The fourth-order valence-corrected chi connectivity index (χ4v) is 0.717. The third-order valence-electron chi connectivity index (χ3n) is 1.47. The Balaban J connectivity index is 0. The van der Waals surface area contributed by atoms with Gasteiger partial charge in [-0.25, -0.2) is 0 Å². The summed E-state index contributed by atoms with van der Waals surface area (Å²) in [5.74, 6) is -0.148. The molecule has 0 aromatic carbocycles. The van der Waals surface area contributed by atoms with E-state index < -0.39 is 0 Å². The van der Waals surface area contributed by atoms with Crippen LogP contribution in [0.4, 0.5) is 0 Å². The molecule has 0 amide bonds. The van der Waals surface area contributed by atoms with Gasteiger partial charge in [-0.2, -0.15) is 4.57 Å². The summed E-state index contributed by atoms with van der Waals surface area (Å²) in [6, 6.07) is 1.73. The molecule has 0 saturated heterocycles. The van der Waals surface area contributed by atoms with Crippen molar-refractivity contribution in [1.82, 2.24) is 0 Å². The molecule has 0 spiro atoms. The van der Waals surface area contributed by atoms with Gasteiger partial charge in [-0.15, -0.1) is 0 Å². The van der Waals surface area contributed by atoms with Crippen LogP contribution in [0.5, 0.6) is 11.6 Å². The fraction of sp³-hybridized carbons (Fsp3) is 0.444. The van der Waals surface area contributed by atoms with Gasteiger partial charge in [0.05, 0.1) is 0 Å². The Morgan fingerprint density at radius 3 is 2.08 bits per heavy atom. The second-order valence-corrected chi connectivity index (χ2v) is 2.28. The predicted octanol–water partition coefficient (Wildman–Crippen LogP) is 1.25. The molecule has 1 aromatic rings. The molecule has 74 valence electrons. The first-order chi connectivity index (χ1) is 5.63. The van der Waals surface area contributed by atoms with E-state index in [2.05, 4.69) is 0 Å². The van der Waals surface area contributed by atoms with Crippen LogP contribution in [0.3, 0.4) is 0 Å². The zero-order valence-corrected chi connectivity index (χ0v) is 11.3. The third kappa shape index (κ3) is 3.77. The Labute approximate surface area is 93.3 Å². The van der Waals surface area contributed by atoms with Crippen molar-refractivity contribution in [2.75, 3.05) is 0 Å². The Hall–Kier alpha value is -0.562. The molecule has 1 rings (SSSR count). The summed E-state index contributed by atoms with van der Waals surface area (Å²) in [5, 5.41) is 18.2. The second-order valence-electron chi connectivity index (χ2n) is 2.28. The number of nitrogens with zero attached hydrogens (tertiary/aromatic N) is 1. The average molecular weight is 354 g/mol. The van der Waals surface area contributed by atoms with Gasteiger partial charge < -0.3 is 10.2 Å². The first-order valence-electron chi connectivity index (χ1n) is 4.00. The standard InChI is InChI=1S/C7H9NO2.C2H6.W/c1-5-3-4-8(2)7(10)6(5)9;1-2;/h3-4,9H,1-2H3;1-2H3;/p+1. The van der Waals surface area contributed by atoms with Gasteiger partial charge in [-0.1, -0.05) is 13.8 Å². The van der Waals surface area contributed by atoms with Crippen molar-refractivity contribution in [1.29, 1.82) is 0 Å². The molecule has 0 saturated carbocycles. The van der Waals surface area contributed by atoms with E-state index in [1.807, 2.05) is 13.8 Å². The zero-order chi connectivity index (χ0) is 9.72. The van der Waals surface area contributed by atoms with Gasteiger partial charge in [0.15, 0.2) is 6.20 Å². The van der Waals surface area contributed by atoms with Gasteiger partial charge in [-0.3, -0.25) is 0 Å². The molecule has 0 fully saturated rings. The minimum Gasteiger partial charge on any atom is -0.500 e. The van der Waals surface area contributed by atoms with E-state index >= 15 is 0 Å². The van der Waals surface area contributed by atoms with Crippen LogP contribution >= 0.6 is 0 Å². The van der Waals surface area contributed by atoms with Crippen LogP contribution in [0, 0.1) is 6.92 Å².